The molecule has 4 aromatic rings. The number of amides is 1. The third-order valence-electron chi connectivity index (χ3n) is 4.36. The molecule has 0 bridgehead atoms. The van der Waals surface area contributed by atoms with Gasteiger partial charge in [0.15, 0.2) is 0 Å². The highest BCUT2D eigenvalue weighted by molar-refractivity contribution is 7.21. The first-order valence-corrected chi connectivity index (χ1v) is 9.39. The molecule has 1 N–H and O–H groups in total. The Morgan fingerprint density at radius 1 is 1.00 bits per heavy atom. The van der Waals surface area contributed by atoms with Crippen molar-refractivity contribution in [2.75, 3.05) is 12.4 Å². The molecule has 0 fully saturated rings. The van der Waals surface area contributed by atoms with E-state index in [0.717, 1.165) is 32.0 Å². The van der Waals surface area contributed by atoms with E-state index in [4.69, 9.17) is 9.72 Å². The molecule has 4 nitrogen and oxygen atoms in total. The summed E-state index contributed by atoms with van der Waals surface area (Å²) in [6.07, 6.45) is 0. The van der Waals surface area contributed by atoms with E-state index in [-0.39, 0.29) is 5.91 Å². The molecule has 134 valence electrons. The third-order valence-corrected chi connectivity index (χ3v) is 5.43. The Labute approximate surface area is 161 Å². The van der Waals surface area contributed by atoms with Gasteiger partial charge in [-0.05, 0) is 42.8 Å². The zero-order chi connectivity index (χ0) is 18.8. The molecule has 0 aliphatic carbocycles. The average Bonchev–Trinajstić information content (AvgIpc) is 3.12. The summed E-state index contributed by atoms with van der Waals surface area (Å²) in [5.74, 6) is 0.386. The molecule has 0 atom stereocenters. The Kier molecular flexibility index (Phi) is 4.60. The number of methoxy groups -OCH3 is 1. The van der Waals surface area contributed by atoms with Gasteiger partial charge in [0, 0.05) is 5.56 Å². The van der Waals surface area contributed by atoms with Gasteiger partial charge in [-0.15, -0.1) is 11.3 Å². The number of anilines is 1. The molecule has 0 radical (unpaired) electrons. The molecule has 0 spiro atoms. The third kappa shape index (κ3) is 3.29. The smallest absolute Gasteiger partial charge is 0.259 e. The number of thiazole rings is 1. The monoisotopic (exact) mass is 374 g/mol. The maximum Gasteiger partial charge on any atom is 0.259 e. The molecule has 0 saturated heterocycles. The summed E-state index contributed by atoms with van der Waals surface area (Å²) >= 11 is 1.61. The Morgan fingerprint density at radius 3 is 2.59 bits per heavy atom. The number of nitrogens with one attached hydrogen (secondary N) is 1. The van der Waals surface area contributed by atoms with Crippen molar-refractivity contribution in [1.82, 2.24) is 4.98 Å². The van der Waals surface area contributed by atoms with Crippen LogP contribution in [0.1, 0.15) is 15.9 Å². The van der Waals surface area contributed by atoms with Gasteiger partial charge in [-0.2, -0.15) is 0 Å². The maximum atomic E-state index is 12.9. The molecule has 1 aromatic heterocycles. The van der Waals surface area contributed by atoms with Gasteiger partial charge in [0.25, 0.3) is 5.91 Å². The van der Waals surface area contributed by atoms with Crippen LogP contribution in [0.15, 0.2) is 66.7 Å². The van der Waals surface area contributed by atoms with Crippen molar-refractivity contribution in [3.8, 4) is 16.3 Å². The highest BCUT2D eigenvalue weighted by Crippen LogP contribution is 2.35. The van der Waals surface area contributed by atoms with Crippen LogP contribution in [0.3, 0.4) is 0 Å². The van der Waals surface area contributed by atoms with Gasteiger partial charge in [-0.3, -0.25) is 4.79 Å². The van der Waals surface area contributed by atoms with E-state index in [9.17, 15) is 4.79 Å². The summed E-state index contributed by atoms with van der Waals surface area (Å²) in [7, 11) is 1.58. The average molecular weight is 374 g/mol. The summed E-state index contributed by atoms with van der Waals surface area (Å²) in [6, 6.07) is 21.3. The van der Waals surface area contributed by atoms with Crippen molar-refractivity contribution in [1.29, 1.82) is 0 Å². The summed E-state index contributed by atoms with van der Waals surface area (Å²) < 4.78 is 6.54. The van der Waals surface area contributed by atoms with Crippen LogP contribution in [0, 0.1) is 6.92 Å². The van der Waals surface area contributed by atoms with Crippen molar-refractivity contribution in [3.63, 3.8) is 0 Å². The molecular formula is C22H18N2O2S. The lowest BCUT2D eigenvalue weighted by Crippen LogP contribution is -2.14. The first-order valence-electron chi connectivity index (χ1n) is 8.57. The van der Waals surface area contributed by atoms with Gasteiger partial charge < -0.3 is 10.1 Å². The number of ether oxygens (including phenoxy) is 1. The van der Waals surface area contributed by atoms with E-state index < -0.39 is 0 Å². The van der Waals surface area contributed by atoms with Crippen molar-refractivity contribution in [2.45, 2.75) is 6.92 Å². The Balaban J connectivity index is 1.72. The number of aromatic nitrogens is 1. The molecule has 3 aromatic carbocycles. The van der Waals surface area contributed by atoms with Crippen LogP contribution >= 0.6 is 11.3 Å². The number of nitrogens with zero attached hydrogens (tertiary/aromatic N) is 1. The van der Waals surface area contributed by atoms with E-state index in [0.29, 0.717) is 11.3 Å². The highest BCUT2D eigenvalue weighted by atomic mass is 32.1. The molecule has 0 aliphatic rings. The highest BCUT2D eigenvalue weighted by Gasteiger charge is 2.17. The summed E-state index contributed by atoms with van der Waals surface area (Å²) in [6.45, 7) is 1.92. The number of rotatable bonds is 4. The van der Waals surface area contributed by atoms with Gasteiger partial charge >= 0.3 is 0 Å². The fourth-order valence-corrected chi connectivity index (χ4v) is 4.06. The fraction of sp³-hybridized carbons (Fsp3) is 0.0909. The number of carbonyl (C=O) groups is 1. The molecule has 1 heterocycles. The SMILES string of the molecule is COc1c(C)cccc1C(=O)Nc1ccccc1-c1nc2ccccc2s1. The van der Waals surface area contributed by atoms with Crippen LogP contribution in [0.4, 0.5) is 5.69 Å². The summed E-state index contributed by atoms with van der Waals surface area (Å²) in [5, 5.41) is 3.90. The predicted octanol–water partition coefficient (Wildman–Crippen LogP) is 5.53. The zero-order valence-corrected chi connectivity index (χ0v) is 15.8. The number of aryl methyl sites for hydroxylation is 1. The van der Waals surface area contributed by atoms with Gasteiger partial charge in [-0.25, -0.2) is 4.98 Å². The number of carbonyl (C=O) groups excluding carboxylic acids is 1. The van der Waals surface area contributed by atoms with Gasteiger partial charge in [0.1, 0.15) is 10.8 Å². The van der Waals surface area contributed by atoms with E-state index in [1.165, 1.54) is 0 Å². The van der Waals surface area contributed by atoms with E-state index >= 15 is 0 Å². The molecule has 1 amide bonds. The largest absolute Gasteiger partial charge is 0.496 e. The minimum absolute atomic E-state index is 0.205. The quantitative estimate of drug-likeness (QED) is 0.511. The van der Waals surface area contributed by atoms with Gasteiger partial charge in [0.05, 0.1) is 28.6 Å². The number of para-hydroxylation sites is 3. The lowest BCUT2D eigenvalue weighted by atomic mass is 10.1. The lowest BCUT2D eigenvalue weighted by molar-refractivity contribution is 0.102. The second-order valence-corrected chi connectivity index (χ2v) is 7.17. The minimum Gasteiger partial charge on any atom is -0.496 e. The lowest BCUT2D eigenvalue weighted by Gasteiger charge is -2.13. The van der Waals surface area contributed by atoms with Crippen molar-refractivity contribution in [2.24, 2.45) is 0 Å². The van der Waals surface area contributed by atoms with Crippen LogP contribution in [0.5, 0.6) is 5.75 Å². The van der Waals surface area contributed by atoms with E-state index in [2.05, 4.69) is 11.4 Å². The van der Waals surface area contributed by atoms with E-state index in [1.807, 2.05) is 61.5 Å². The summed E-state index contributed by atoms with van der Waals surface area (Å²) in [5.41, 5.74) is 4.02. The van der Waals surface area contributed by atoms with Crippen molar-refractivity contribution in [3.05, 3.63) is 77.9 Å². The van der Waals surface area contributed by atoms with Gasteiger partial charge in [0.2, 0.25) is 0 Å². The number of hydrogen-bond acceptors (Lipinski definition) is 4. The second kappa shape index (κ2) is 7.21. The minimum atomic E-state index is -0.205. The fourth-order valence-electron chi connectivity index (χ4n) is 3.06. The normalized spacial score (nSPS) is 10.7. The predicted molar refractivity (Wildman–Crippen MR) is 111 cm³/mol. The molecule has 0 unspecified atom stereocenters. The second-order valence-electron chi connectivity index (χ2n) is 6.14. The topological polar surface area (TPSA) is 51.2 Å². The Morgan fingerprint density at radius 2 is 1.78 bits per heavy atom. The maximum absolute atomic E-state index is 12.9. The van der Waals surface area contributed by atoms with Crippen LogP contribution < -0.4 is 10.1 Å². The Hall–Kier alpha value is -3.18. The van der Waals surface area contributed by atoms with Gasteiger partial charge in [-0.1, -0.05) is 36.4 Å². The zero-order valence-electron chi connectivity index (χ0n) is 15.0. The molecule has 5 heteroatoms. The van der Waals surface area contributed by atoms with Crippen LogP contribution in [0.25, 0.3) is 20.8 Å². The van der Waals surface area contributed by atoms with Crippen LogP contribution in [-0.4, -0.2) is 18.0 Å². The molecule has 0 saturated carbocycles. The van der Waals surface area contributed by atoms with Crippen molar-refractivity contribution < 1.29 is 9.53 Å². The molecular weight excluding hydrogens is 356 g/mol. The first-order chi connectivity index (χ1) is 13.2. The Bertz CT molecular complexity index is 1100. The standard InChI is InChI=1S/C22H18N2O2S/c1-14-8-7-10-16(20(14)26-2)21(25)23-17-11-4-3-9-15(17)22-24-18-12-5-6-13-19(18)27-22/h3-13H,1-2H3,(H,23,25). The van der Waals surface area contributed by atoms with E-state index in [1.54, 1.807) is 24.5 Å². The summed E-state index contributed by atoms with van der Waals surface area (Å²) in [4.78, 5) is 17.6. The molecule has 27 heavy (non-hydrogen) atoms. The molecule has 0 aliphatic heterocycles. The molecule has 4 rings (SSSR count). The number of benzene rings is 3. The first kappa shape index (κ1) is 17.2. The number of fused-ring (bicyclic) bond motifs is 1. The number of hydrogen-bond donors (Lipinski definition) is 1. The van der Waals surface area contributed by atoms with Crippen LogP contribution in [0.2, 0.25) is 0 Å². The van der Waals surface area contributed by atoms with Crippen LogP contribution in [-0.2, 0) is 0 Å². The van der Waals surface area contributed by atoms with Crippen molar-refractivity contribution >= 4 is 33.1 Å².